The zero-order valence-electron chi connectivity index (χ0n) is 9.28. The van der Waals surface area contributed by atoms with Gasteiger partial charge in [0.2, 0.25) is 0 Å². The lowest BCUT2D eigenvalue weighted by molar-refractivity contribution is 0.799. The Morgan fingerprint density at radius 2 is 2.00 bits per heavy atom. The van der Waals surface area contributed by atoms with Crippen molar-refractivity contribution in [3.05, 3.63) is 30.6 Å². The fourth-order valence-electron chi connectivity index (χ4n) is 1.70. The van der Waals surface area contributed by atoms with Crippen LogP contribution in [0.25, 0.3) is 16.9 Å². The van der Waals surface area contributed by atoms with Crippen LogP contribution in [0.4, 0.5) is 11.5 Å². The Morgan fingerprint density at radius 3 is 2.83 bits per heavy atom. The Balaban J connectivity index is 2.26. The maximum Gasteiger partial charge on any atom is 0.184 e. The molecule has 2 aromatic heterocycles. The highest BCUT2D eigenvalue weighted by molar-refractivity contribution is 5.78. The van der Waals surface area contributed by atoms with Crippen molar-refractivity contribution in [2.75, 3.05) is 11.2 Å². The highest BCUT2D eigenvalue weighted by Crippen LogP contribution is 2.22. The number of nitrogens with zero attached hydrogens (tertiary/aromatic N) is 5. The predicted molar refractivity (Wildman–Crippen MR) is 66.7 cm³/mol. The van der Waals surface area contributed by atoms with Gasteiger partial charge in [0, 0.05) is 0 Å². The number of benzene rings is 1. The minimum Gasteiger partial charge on any atom is -0.393 e. The largest absolute Gasteiger partial charge is 0.393 e. The number of para-hydroxylation sites is 1. The normalized spacial score (nSPS) is 10.7. The second-order valence-corrected chi connectivity index (χ2v) is 3.59. The third-order valence-electron chi connectivity index (χ3n) is 2.55. The third-order valence-corrected chi connectivity index (χ3v) is 2.55. The molecular weight excluding hydrogens is 232 g/mol. The lowest BCUT2D eigenvalue weighted by Crippen LogP contribution is -2.14. The Hall–Kier alpha value is -2.74. The van der Waals surface area contributed by atoms with Crippen molar-refractivity contribution in [1.29, 1.82) is 0 Å². The first-order valence-electron chi connectivity index (χ1n) is 5.19. The molecule has 1 aromatic carbocycles. The molecule has 8 nitrogen and oxygen atoms in total. The minimum absolute atomic E-state index is 0.315. The van der Waals surface area contributed by atoms with Crippen molar-refractivity contribution in [2.24, 2.45) is 5.84 Å². The van der Waals surface area contributed by atoms with E-state index < -0.39 is 0 Å². The van der Waals surface area contributed by atoms with Crippen molar-refractivity contribution in [3.8, 4) is 5.82 Å². The predicted octanol–water partition coefficient (Wildman–Crippen LogP) is 0.0783. The number of nitrogen functional groups attached to an aromatic ring is 2. The van der Waals surface area contributed by atoms with Crippen LogP contribution in [0.3, 0.4) is 0 Å². The molecule has 0 saturated carbocycles. The van der Waals surface area contributed by atoms with Crippen molar-refractivity contribution >= 4 is 22.5 Å². The van der Waals surface area contributed by atoms with E-state index in [1.165, 1.54) is 6.33 Å². The van der Waals surface area contributed by atoms with Gasteiger partial charge in [-0.2, -0.15) is 4.68 Å². The van der Waals surface area contributed by atoms with Gasteiger partial charge >= 0.3 is 0 Å². The highest BCUT2D eigenvalue weighted by atomic mass is 15.4. The summed E-state index contributed by atoms with van der Waals surface area (Å²) >= 11 is 0. The molecule has 0 unspecified atom stereocenters. The summed E-state index contributed by atoms with van der Waals surface area (Å²) < 4.78 is 1.55. The zero-order chi connectivity index (χ0) is 12.5. The molecule has 8 heteroatoms. The SMILES string of the molecule is NNc1ncnc(-n2nnc3ccccc32)c1N. The highest BCUT2D eigenvalue weighted by Gasteiger charge is 2.13. The summed E-state index contributed by atoms with van der Waals surface area (Å²) in [5.74, 6) is 6.10. The molecule has 3 aromatic rings. The van der Waals surface area contributed by atoms with Crippen LogP contribution in [-0.2, 0) is 0 Å². The Kier molecular flexibility index (Phi) is 2.27. The van der Waals surface area contributed by atoms with Gasteiger partial charge in [-0.15, -0.1) is 5.10 Å². The molecule has 0 radical (unpaired) electrons. The van der Waals surface area contributed by atoms with Crippen LogP contribution in [0.15, 0.2) is 30.6 Å². The molecule has 2 heterocycles. The first-order chi connectivity index (χ1) is 8.81. The van der Waals surface area contributed by atoms with Crippen molar-refractivity contribution in [3.63, 3.8) is 0 Å². The van der Waals surface area contributed by atoms with E-state index in [-0.39, 0.29) is 0 Å². The standard InChI is InChI=1S/C10H10N8/c11-8-9(15-12)13-5-14-10(8)18-7-4-2-1-3-6(7)16-17-18/h1-5H,11-12H2,(H,13,14,15). The van der Waals surface area contributed by atoms with Crippen LogP contribution in [-0.4, -0.2) is 25.0 Å². The molecule has 18 heavy (non-hydrogen) atoms. The second-order valence-electron chi connectivity index (χ2n) is 3.59. The first kappa shape index (κ1) is 10.4. The number of anilines is 2. The summed E-state index contributed by atoms with van der Waals surface area (Å²) in [6.07, 6.45) is 1.36. The maximum absolute atomic E-state index is 5.92. The fourth-order valence-corrected chi connectivity index (χ4v) is 1.70. The van der Waals surface area contributed by atoms with Gasteiger partial charge in [-0.05, 0) is 12.1 Å². The zero-order valence-corrected chi connectivity index (χ0v) is 9.28. The first-order valence-corrected chi connectivity index (χ1v) is 5.19. The summed E-state index contributed by atoms with van der Waals surface area (Å²) in [6.45, 7) is 0. The Morgan fingerprint density at radius 1 is 1.17 bits per heavy atom. The monoisotopic (exact) mass is 242 g/mol. The van der Waals surface area contributed by atoms with Gasteiger partial charge in [0.05, 0.1) is 5.52 Å². The van der Waals surface area contributed by atoms with Gasteiger partial charge in [0.25, 0.3) is 0 Å². The second kappa shape index (κ2) is 3.93. The third kappa shape index (κ3) is 1.44. The van der Waals surface area contributed by atoms with Crippen molar-refractivity contribution in [2.45, 2.75) is 0 Å². The molecule has 90 valence electrons. The number of hydrogen-bond acceptors (Lipinski definition) is 7. The van der Waals surface area contributed by atoms with E-state index in [1.54, 1.807) is 4.68 Å². The van der Waals surface area contributed by atoms with E-state index in [2.05, 4.69) is 25.7 Å². The Labute approximate surface area is 102 Å². The summed E-state index contributed by atoms with van der Waals surface area (Å²) in [5.41, 5.74) is 10.2. The molecule has 3 rings (SSSR count). The van der Waals surface area contributed by atoms with Crippen LogP contribution in [0, 0.1) is 0 Å². The average Bonchev–Trinajstić information content (AvgIpc) is 2.83. The van der Waals surface area contributed by atoms with Crippen LogP contribution >= 0.6 is 0 Å². The van der Waals surface area contributed by atoms with Gasteiger partial charge in [-0.3, -0.25) is 0 Å². The number of rotatable bonds is 2. The van der Waals surface area contributed by atoms with E-state index >= 15 is 0 Å². The Bertz CT molecular complexity index is 704. The molecule has 0 atom stereocenters. The molecule has 0 bridgehead atoms. The summed E-state index contributed by atoms with van der Waals surface area (Å²) in [5, 5.41) is 8.07. The van der Waals surface area contributed by atoms with E-state index in [0.717, 1.165) is 11.0 Å². The molecule has 0 fully saturated rings. The van der Waals surface area contributed by atoms with Gasteiger partial charge < -0.3 is 11.2 Å². The van der Waals surface area contributed by atoms with Crippen LogP contribution in [0.5, 0.6) is 0 Å². The van der Waals surface area contributed by atoms with Gasteiger partial charge in [0.15, 0.2) is 11.6 Å². The number of hydrogen-bond donors (Lipinski definition) is 3. The molecule has 0 aliphatic heterocycles. The molecule has 0 amide bonds. The molecular formula is C10H10N8. The molecule has 0 aliphatic carbocycles. The molecule has 0 saturated heterocycles. The van der Waals surface area contributed by atoms with Crippen molar-refractivity contribution < 1.29 is 0 Å². The van der Waals surface area contributed by atoms with Gasteiger partial charge in [-0.1, -0.05) is 17.3 Å². The van der Waals surface area contributed by atoms with E-state index in [4.69, 9.17) is 11.6 Å². The fraction of sp³-hybridized carbons (Fsp3) is 0. The topological polar surface area (TPSA) is 121 Å². The van der Waals surface area contributed by atoms with Gasteiger partial charge in [-0.25, -0.2) is 15.8 Å². The number of fused-ring (bicyclic) bond motifs is 1. The van der Waals surface area contributed by atoms with Crippen molar-refractivity contribution in [1.82, 2.24) is 25.0 Å². The van der Waals surface area contributed by atoms with Crippen LogP contribution < -0.4 is 17.0 Å². The summed E-state index contributed by atoms with van der Waals surface area (Å²) in [7, 11) is 0. The van der Waals surface area contributed by atoms with Gasteiger partial charge in [0.1, 0.15) is 17.5 Å². The average molecular weight is 242 g/mol. The number of nitrogens with two attached hydrogens (primary N) is 2. The van der Waals surface area contributed by atoms with E-state index in [0.29, 0.717) is 17.3 Å². The maximum atomic E-state index is 5.92. The molecule has 0 aliphatic rings. The van der Waals surface area contributed by atoms with E-state index in [1.807, 2.05) is 24.3 Å². The summed E-state index contributed by atoms with van der Waals surface area (Å²) in [4.78, 5) is 8.02. The quantitative estimate of drug-likeness (QED) is 0.429. The van der Waals surface area contributed by atoms with Crippen LogP contribution in [0.1, 0.15) is 0 Å². The number of nitrogens with one attached hydrogen (secondary N) is 1. The summed E-state index contributed by atoms with van der Waals surface area (Å²) in [6, 6.07) is 7.52. The number of hydrazine groups is 1. The van der Waals surface area contributed by atoms with E-state index in [9.17, 15) is 0 Å². The molecule has 0 spiro atoms. The molecule has 5 N–H and O–H groups in total. The lowest BCUT2D eigenvalue weighted by atomic mass is 10.3. The minimum atomic E-state index is 0.315. The lowest BCUT2D eigenvalue weighted by Gasteiger charge is -2.07. The smallest absolute Gasteiger partial charge is 0.184 e. The van der Waals surface area contributed by atoms with Crippen LogP contribution in [0.2, 0.25) is 0 Å². The number of aromatic nitrogens is 5.